The number of amides is 3. The van der Waals surface area contributed by atoms with Gasteiger partial charge in [0.05, 0.1) is 12.3 Å². The van der Waals surface area contributed by atoms with Gasteiger partial charge < -0.3 is 15.5 Å². The number of hydrogen-bond donors (Lipinski definition) is 2. The zero-order chi connectivity index (χ0) is 19.4. The summed E-state index contributed by atoms with van der Waals surface area (Å²) in [6.07, 6.45) is 0.344. The Morgan fingerprint density at radius 3 is 2.70 bits per heavy atom. The van der Waals surface area contributed by atoms with Crippen molar-refractivity contribution in [1.82, 2.24) is 5.32 Å². The molecule has 0 bridgehead atoms. The van der Waals surface area contributed by atoms with Crippen molar-refractivity contribution < 1.29 is 14.4 Å². The zero-order valence-electron chi connectivity index (χ0n) is 14.9. The number of nitrogens with one attached hydrogen (secondary N) is 2. The number of rotatable bonds is 5. The maximum Gasteiger partial charge on any atom is 0.229 e. The number of halogens is 1. The minimum Gasteiger partial charge on any atom is -0.359 e. The van der Waals surface area contributed by atoms with Crippen molar-refractivity contribution in [2.75, 3.05) is 23.8 Å². The van der Waals surface area contributed by atoms with E-state index in [0.29, 0.717) is 12.2 Å². The molecule has 1 aliphatic rings. The molecule has 27 heavy (non-hydrogen) atoms. The quantitative estimate of drug-likeness (QED) is 0.766. The van der Waals surface area contributed by atoms with Crippen molar-refractivity contribution in [3.63, 3.8) is 0 Å². The van der Waals surface area contributed by atoms with Gasteiger partial charge in [-0.2, -0.15) is 0 Å². The first-order chi connectivity index (χ1) is 13.0. The number of benzene rings is 2. The lowest BCUT2D eigenvalue weighted by Crippen LogP contribution is -2.28. The van der Waals surface area contributed by atoms with Gasteiger partial charge >= 0.3 is 0 Å². The fourth-order valence-electron chi connectivity index (χ4n) is 3.07. The third-order valence-electron chi connectivity index (χ3n) is 4.52. The molecule has 0 radical (unpaired) electrons. The molecule has 1 saturated heterocycles. The van der Waals surface area contributed by atoms with Gasteiger partial charge in [-0.25, -0.2) is 0 Å². The zero-order valence-corrected chi connectivity index (χ0v) is 16.5. The maximum atomic E-state index is 12.7. The van der Waals surface area contributed by atoms with Gasteiger partial charge in [0.15, 0.2) is 0 Å². The van der Waals surface area contributed by atoms with Crippen molar-refractivity contribution in [2.45, 2.75) is 12.8 Å². The van der Waals surface area contributed by atoms with Crippen molar-refractivity contribution in [1.29, 1.82) is 0 Å². The second kappa shape index (κ2) is 8.35. The van der Waals surface area contributed by atoms with Gasteiger partial charge in [0.2, 0.25) is 17.7 Å². The van der Waals surface area contributed by atoms with E-state index in [1.165, 1.54) is 0 Å². The van der Waals surface area contributed by atoms with Gasteiger partial charge in [-0.05, 0) is 29.8 Å². The minimum atomic E-state index is -0.440. The number of likely N-dealkylation sites (N-methyl/N-ethyl adjacent to an activating group) is 1. The summed E-state index contributed by atoms with van der Waals surface area (Å²) in [4.78, 5) is 38.4. The highest BCUT2D eigenvalue weighted by molar-refractivity contribution is 9.10. The molecule has 140 valence electrons. The molecule has 0 aliphatic carbocycles. The summed E-state index contributed by atoms with van der Waals surface area (Å²) in [5, 5.41) is 5.46. The highest BCUT2D eigenvalue weighted by Gasteiger charge is 2.35. The van der Waals surface area contributed by atoms with Crippen LogP contribution in [0.5, 0.6) is 0 Å². The summed E-state index contributed by atoms with van der Waals surface area (Å²) < 4.78 is 0.879. The van der Waals surface area contributed by atoms with E-state index in [-0.39, 0.29) is 30.6 Å². The monoisotopic (exact) mass is 429 g/mol. The summed E-state index contributed by atoms with van der Waals surface area (Å²) in [5.74, 6) is -0.866. The van der Waals surface area contributed by atoms with Gasteiger partial charge in [-0.3, -0.25) is 14.4 Å². The maximum absolute atomic E-state index is 12.7. The first-order valence-electron chi connectivity index (χ1n) is 8.63. The van der Waals surface area contributed by atoms with Crippen molar-refractivity contribution in [3.8, 4) is 0 Å². The molecule has 3 amide bonds. The van der Waals surface area contributed by atoms with Crippen LogP contribution in [0.1, 0.15) is 12.0 Å². The standard InChI is InChI=1S/C20H20BrN3O3/c1-22-18(25)9-13-5-2-3-8-17(13)23-20(27)14-10-19(26)24(12-14)16-7-4-6-15(21)11-16/h2-8,11,14H,9-10,12H2,1H3,(H,22,25)(H,23,27). The fraction of sp³-hybridized carbons (Fsp3) is 0.250. The second-order valence-electron chi connectivity index (χ2n) is 6.38. The lowest BCUT2D eigenvalue weighted by atomic mass is 10.1. The molecule has 6 nitrogen and oxygen atoms in total. The first-order valence-corrected chi connectivity index (χ1v) is 9.42. The van der Waals surface area contributed by atoms with E-state index in [4.69, 9.17) is 0 Å². The Labute approximate surface area is 166 Å². The molecular formula is C20H20BrN3O3. The lowest BCUT2D eigenvalue weighted by molar-refractivity contribution is -0.122. The number of hydrogen-bond acceptors (Lipinski definition) is 3. The molecule has 0 spiro atoms. The molecule has 1 unspecified atom stereocenters. The minimum absolute atomic E-state index is 0.0769. The second-order valence-corrected chi connectivity index (χ2v) is 7.30. The van der Waals surface area contributed by atoms with Crippen molar-refractivity contribution in [2.24, 2.45) is 5.92 Å². The molecule has 7 heteroatoms. The predicted molar refractivity (Wildman–Crippen MR) is 107 cm³/mol. The third-order valence-corrected chi connectivity index (χ3v) is 5.01. The molecule has 1 atom stereocenters. The smallest absolute Gasteiger partial charge is 0.229 e. The first kappa shape index (κ1) is 19.1. The molecule has 2 aromatic carbocycles. The lowest BCUT2D eigenvalue weighted by Gasteiger charge is -2.17. The predicted octanol–water partition coefficient (Wildman–Crippen LogP) is 2.73. The van der Waals surface area contributed by atoms with Crippen LogP contribution in [0, 0.1) is 5.92 Å². The Hall–Kier alpha value is -2.67. The molecule has 1 aliphatic heterocycles. The Bertz CT molecular complexity index is 884. The van der Waals surface area contributed by atoms with E-state index in [1.54, 1.807) is 30.1 Å². The molecule has 3 rings (SSSR count). The SMILES string of the molecule is CNC(=O)Cc1ccccc1NC(=O)C1CC(=O)N(c2cccc(Br)c2)C1. The van der Waals surface area contributed by atoms with Crippen LogP contribution in [0.4, 0.5) is 11.4 Å². The molecule has 1 fully saturated rings. The van der Waals surface area contributed by atoms with Crippen LogP contribution in [-0.4, -0.2) is 31.3 Å². The van der Waals surface area contributed by atoms with Gasteiger partial charge in [0.25, 0.3) is 0 Å². The third kappa shape index (κ3) is 4.54. The average molecular weight is 430 g/mol. The Balaban J connectivity index is 1.71. The van der Waals surface area contributed by atoms with Gasteiger partial charge in [-0.15, -0.1) is 0 Å². The van der Waals surface area contributed by atoms with E-state index in [0.717, 1.165) is 15.7 Å². The number of carbonyl (C=O) groups excluding carboxylic acids is 3. The number of para-hydroxylation sites is 1. The van der Waals surface area contributed by atoms with Crippen LogP contribution in [0.3, 0.4) is 0 Å². The van der Waals surface area contributed by atoms with Gasteiger partial charge in [0.1, 0.15) is 0 Å². The van der Waals surface area contributed by atoms with E-state index >= 15 is 0 Å². The Kier molecular flexibility index (Phi) is 5.91. The van der Waals surface area contributed by atoms with Crippen molar-refractivity contribution in [3.05, 3.63) is 58.6 Å². The van der Waals surface area contributed by atoms with Crippen molar-refractivity contribution >= 4 is 45.0 Å². The van der Waals surface area contributed by atoms with Crippen LogP contribution in [0.15, 0.2) is 53.0 Å². The van der Waals surface area contributed by atoms with Crippen LogP contribution in [-0.2, 0) is 20.8 Å². The highest BCUT2D eigenvalue weighted by Crippen LogP contribution is 2.28. The number of carbonyl (C=O) groups is 3. The van der Waals surface area contributed by atoms with E-state index in [9.17, 15) is 14.4 Å². The molecule has 0 saturated carbocycles. The molecule has 0 aromatic heterocycles. The van der Waals surface area contributed by atoms with E-state index in [1.807, 2.05) is 30.3 Å². The summed E-state index contributed by atoms with van der Waals surface area (Å²) in [7, 11) is 1.57. The van der Waals surface area contributed by atoms with Gasteiger partial charge in [-0.1, -0.05) is 40.2 Å². The Morgan fingerprint density at radius 2 is 1.96 bits per heavy atom. The van der Waals surface area contributed by atoms with Crippen LogP contribution in [0.25, 0.3) is 0 Å². The number of nitrogens with zero attached hydrogens (tertiary/aromatic N) is 1. The number of anilines is 2. The topological polar surface area (TPSA) is 78.5 Å². The van der Waals surface area contributed by atoms with Gasteiger partial charge in [0, 0.05) is 35.9 Å². The molecule has 2 aromatic rings. The summed E-state index contributed by atoms with van der Waals surface area (Å²) >= 11 is 3.40. The molecule has 2 N–H and O–H groups in total. The largest absolute Gasteiger partial charge is 0.359 e. The average Bonchev–Trinajstić information content (AvgIpc) is 3.05. The summed E-state index contributed by atoms with van der Waals surface area (Å²) in [6.45, 7) is 0.332. The summed E-state index contributed by atoms with van der Waals surface area (Å²) in [6, 6.07) is 14.6. The van der Waals surface area contributed by atoms with Crippen LogP contribution < -0.4 is 15.5 Å². The molecule has 1 heterocycles. The van der Waals surface area contributed by atoms with E-state index in [2.05, 4.69) is 26.6 Å². The molecular weight excluding hydrogens is 410 g/mol. The normalized spacial score (nSPS) is 16.3. The Morgan fingerprint density at radius 1 is 1.19 bits per heavy atom. The van der Waals surface area contributed by atoms with Crippen LogP contribution in [0.2, 0.25) is 0 Å². The fourth-order valence-corrected chi connectivity index (χ4v) is 3.46. The summed E-state index contributed by atoms with van der Waals surface area (Å²) in [5.41, 5.74) is 2.10. The highest BCUT2D eigenvalue weighted by atomic mass is 79.9. The van der Waals surface area contributed by atoms with E-state index < -0.39 is 5.92 Å². The van der Waals surface area contributed by atoms with Crippen LogP contribution >= 0.6 is 15.9 Å².